The summed E-state index contributed by atoms with van der Waals surface area (Å²) in [6, 6.07) is 0. The minimum Gasteiger partial charge on any atom is -0.371 e. The van der Waals surface area contributed by atoms with Crippen LogP contribution < -0.4 is 5.32 Å². The highest BCUT2D eigenvalue weighted by atomic mass is 35.5. The summed E-state index contributed by atoms with van der Waals surface area (Å²) in [4.78, 5) is 0. The van der Waals surface area contributed by atoms with Crippen molar-refractivity contribution in [2.75, 3.05) is 0 Å². The minimum absolute atomic E-state index is 0.745. The molecule has 0 aromatic heterocycles. The Kier molecular flexibility index (Phi) is 1.01. The van der Waals surface area contributed by atoms with Crippen LogP contribution in [0.2, 0.25) is 0 Å². The van der Waals surface area contributed by atoms with Crippen molar-refractivity contribution in [3.05, 3.63) is 17.8 Å². The molecule has 1 radical (unpaired) electrons. The summed E-state index contributed by atoms with van der Waals surface area (Å²) in [5.41, 5.74) is 0. The molecule has 1 nitrogen and oxygen atoms in total. The van der Waals surface area contributed by atoms with E-state index < -0.39 is 0 Å². The minimum atomic E-state index is 0.745. The van der Waals surface area contributed by atoms with E-state index in [4.69, 9.17) is 11.6 Å². The van der Waals surface area contributed by atoms with Gasteiger partial charge in [0.25, 0.3) is 0 Å². The summed E-state index contributed by atoms with van der Waals surface area (Å²) in [6.45, 7) is 1.91. The maximum atomic E-state index is 5.43. The molecule has 1 aliphatic heterocycles. The van der Waals surface area contributed by atoms with Crippen LogP contribution in [0.25, 0.3) is 0 Å². The molecule has 0 saturated carbocycles. The quantitative estimate of drug-likeness (QED) is 0.454. The molecular formula is C4H5ClN. The lowest BCUT2D eigenvalue weighted by atomic mass is 10.5. The smallest absolute Gasteiger partial charge is 0.0981 e. The maximum absolute atomic E-state index is 5.43. The Morgan fingerprint density at radius 2 is 2.67 bits per heavy atom. The molecule has 0 aromatic rings. The van der Waals surface area contributed by atoms with E-state index in [0.717, 1.165) is 11.6 Å². The van der Waals surface area contributed by atoms with E-state index in [1.807, 2.05) is 12.6 Å². The largest absolute Gasteiger partial charge is 0.371 e. The lowest BCUT2D eigenvalue weighted by Crippen LogP contribution is -1.94. The Hall–Kier alpha value is -0.170. The summed E-state index contributed by atoms with van der Waals surface area (Å²) in [5.74, 6) is 0. The first-order valence-corrected chi connectivity index (χ1v) is 2.21. The molecule has 0 unspecified atom stereocenters. The summed E-state index contributed by atoms with van der Waals surface area (Å²) >= 11 is 5.43. The van der Waals surface area contributed by atoms with Crippen LogP contribution in [0.1, 0.15) is 6.42 Å². The fraction of sp³-hybridized carbons (Fsp3) is 0.250. The van der Waals surface area contributed by atoms with Crippen molar-refractivity contribution in [2.24, 2.45) is 0 Å². The van der Waals surface area contributed by atoms with Gasteiger partial charge in [-0.25, -0.2) is 0 Å². The zero-order valence-corrected chi connectivity index (χ0v) is 4.00. The SMILES string of the molecule is ClC1=CC[CH]N1. The summed E-state index contributed by atoms with van der Waals surface area (Å²) in [7, 11) is 0. The molecule has 1 N–H and O–H groups in total. The van der Waals surface area contributed by atoms with E-state index in [0.29, 0.717) is 0 Å². The molecule has 33 valence electrons. The lowest BCUT2D eigenvalue weighted by molar-refractivity contribution is 1.05. The predicted octanol–water partition coefficient (Wildman–Crippen LogP) is 1.22. The second-order valence-electron chi connectivity index (χ2n) is 1.14. The Morgan fingerprint density at radius 1 is 1.83 bits per heavy atom. The van der Waals surface area contributed by atoms with Gasteiger partial charge in [-0.05, 0) is 12.5 Å². The van der Waals surface area contributed by atoms with Crippen LogP contribution in [0, 0.1) is 6.54 Å². The highest BCUT2D eigenvalue weighted by Crippen LogP contribution is 2.06. The third-order valence-electron chi connectivity index (χ3n) is 0.655. The fourth-order valence-corrected chi connectivity index (χ4v) is 0.544. The van der Waals surface area contributed by atoms with Crippen LogP contribution in [-0.2, 0) is 0 Å². The van der Waals surface area contributed by atoms with E-state index in [9.17, 15) is 0 Å². The standard InChI is InChI=1S/C4H5ClN/c5-4-2-1-3-6-4/h2-3,6H,1H2. The third kappa shape index (κ3) is 0.658. The Bertz CT molecular complexity index is 77.6. The van der Waals surface area contributed by atoms with Gasteiger partial charge in [0.05, 0.1) is 11.7 Å². The number of halogens is 1. The van der Waals surface area contributed by atoms with Gasteiger partial charge in [0.2, 0.25) is 0 Å². The van der Waals surface area contributed by atoms with Crippen molar-refractivity contribution in [1.82, 2.24) is 5.32 Å². The van der Waals surface area contributed by atoms with E-state index in [1.54, 1.807) is 0 Å². The summed E-state index contributed by atoms with van der Waals surface area (Å²) in [5, 5.41) is 3.57. The van der Waals surface area contributed by atoms with Gasteiger partial charge in [0.1, 0.15) is 0 Å². The summed E-state index contributed by atoms with van der Waals surface area (Å²) in [6.07, 6.45) is 2.88. The van der Waals surface area contributed by atoms with E-state index in [1.165, 1.54) is 0 Å². The highest BCUT2D eigenvalue weighted by Gasteiger charge is 1.95. The first-order valence-electron chi connectivity index (χ1n) is 1.83. The van der Waals surface area contributed by atoms with Gasteiger partial charge in [-0.15, -0.1) is 0 Å². The normalized spacial score (nSPS) is 19.8. The van der Waals surface area contributed by atoms with Gasteiger partial charge in [-0.2, -0.15) is 0 Å². The van der Waals surface area contributed by atoms with E-state index in [-0.39, 0.29) is 0 Å². The van der Waals surface area contributed by atoms with Crippen molar-refractivity contribution in [2.45, 2.75) is 6.42 Å². The van der Waals surface area contributed by atoms with Crippen LogP contribution in [0.3, 0.4) is 0 Å². The van der Waals surface area contributed by atoms with E-state index in [2.05, 4.69) is 5.32 Å². The van der Waals surface area contributed by atoms with E-state index >= 15 is 0 Å². The molecule has 0 aliphatic carbocycles. The van der Waals surface area contributed by atoms with Crippen LogP contribution in [0.5, 0.6) is 0 Å². The first-order chi connectivity index (χ1) is 2.89. The Morgan fingerprint density at radius 3 is 2.83 bits per heavy atom. The Labute approximate surface area is 42.0 Å². The van der Waals surface area contributed by atoms with Gasteiger partial charge in [-0.1, -0.05) is 11.6 Å². The number of nitrogens with one attached hydrogen (secondary N) is 1. The molecule has 0 aromatic carbocycles. The van der Waals surface area contributed by atoms with Crippen molar-refractivity contribution < 1.29 is 0 Å². The Balaban J connectivity index is 2.45. The fourth-order valence-electron chi connectivity index (χ4n) is 0.378. The van der Waals surface area contributed by atoms with Gasteiger partial charge < -0.3 is 5.32 Å². The second-order valence-corrected chi connectivity index (χ2v) is 1.54. The molecule has 1 rings (SSSR count). The average Bonchev–Trinajstić information content (AvgIpc) is 1.86. The molecule has 1 aliphatic rings. The number of hydrogen-bond acceptors (Lipinski definition) is 1. The third-order valence-corrected chi connectivity index (χ3v) is 0.918. The zero-order chi connectivity index (χ0) is 4.41. The molecule has 0 spiro atoms. The number of hydrogen-bond donors (Lipinski definition) is 1. The van der Waals surface area contributed by atoms with Crippen molar-refractivity contribution >= 4 is 11.6 Å². The average molecular weight is 103 g/mol. The molecule has 0 amide bonds. The molecule has 6 heavy (non-hydrogen) atoms. The zero-order valence-electron chi connectivity index (χ0n) is 3.24. The van der Waals surface area contributed by atoms with Gasteiger partial charge >= 0.3 is 0 Å². The molecular weight excluding hydrogens is 97.5 g/mol. The molecule has 1 heterocycles. The monoisotopic (exact) mass is 102 g/mol. The maximum Gasteiger partial charge on any atom is 0.0981 e. The van der Waals surface area contributed by atoms with Gasteiger partial charge in [0, 0.05) is 0 Å². The van der Waals surface area contributed by atoms with Crippen LogP contribution in [0.4, 0.5) is 0 Å². The molecule has 0 fully saturated rings. The molecule has 0 bridgehead atoms. The van der Waals surface area contributed by atoms with Gasteiger partial charge in [-0.3, -0.25) is 0 Å². The topological polar surface area (TPSA) is 12.0 Å². The first kappa shape index (κ1) is 4.00. The lowest BCUT2D eigenvalue weighted by Gasteiger charge is -1.85. The molecule has 2 heteroatoms. The van der Waals surface area contributed by atoms with Crippen molar-refractivity contribution in [3.63, 3.8) is 0 Å². The van der Waals surface area contributed by atoms with Crippen LogP contribution in [0.15, 0.2) is 11.2 Å². The van der Waals surface area contributed by atoms with Crippen LogP contribution in [-0.4, -0.2) is 0 Å². The van der Waals surface area contributed by atoms with Crippen molar-refractivity contribution in [3.8, 4) is 0 Å². The summed E-state index contributed by atoms with van der Waals surface area (Å²) < 4.78 is 0. The second kappa shape index (κ2) is 1.52. The van der Waals surface area contributed by atoms with Crippen LogP contribution >= 0.6 is 11.6 Å². The molecule has 0 atom stereocenters. The molecule has 0 saturated heterocycles. The van der Waals surface area contributed by atoms with Gasteiger partial charge in [0.15, 0.2) is 0 Å². The highest BCUT2D eigenvalue weighted by molar-refractivity contribution is 6.29. The van der Waals surface area contributed by atoms with Crippen molar-refractivity contribution in [1.29, 1.82) is 0 Å². The predicted molar refractivity (Wildman–Crippen MR) is 26.0 cm³/mol. The number of rotatable bonds is 0.